The monoisotopic (exact) mass is 313 g/mol. The van der Waals surface area contributed by atoms with Gasteiger partial charge >= 0.3 is 0 Å². The number of allylic oxidation sites excluding steroid dienone is 2. The van der Waals surface area contributed by atoms with Crippen molar-refractivity contribution in [1.29, 1.82) is 0 Å². The van der Waals surface area contributed by atoms with Gasteiger partial charge in [-0.15, -0.1) is 0 Å². The third-order valence-corrected chi connectivity index (χ3v) is 9.10. The van der Waals surface area contributed by atoms with Crippen molar-refractivity contribution in [3.05, 3.63) is 11.8 Å². The predicted octanol–water partition coefficient (Wildman–Crippen LogP) is 5.67. The Balaban J connectivity index is 1.41. The molecule has 1 N–H and O–H groups in total. The first kappa shape index (κ1) is 14.8. The Hall–Kier alpha value is -0.460. The Morgan fingerprint density at radius 2 is 1.78 bits per heavy atom. The van der Waals surface area contributed by atoms with Crippen LogP contribution < -0.4 is 5.32 Å². The van der Waals surface area contributed by atoms with Crippen LogP contribution in [0.1, 0.15) is 84.5 Å². The molecule has 0 bridgehead atoms. The highest BCUT2D eigenvalue weighted by atomic mass is 15.0. The smallest absolute Gasteiger partial charge is 0.0259 e. The zero-order valence-electron chi connectivity index (χ0n) is 15.2. The lowest BCUT2D eigenvalue weighted by molar-refractivity contribution is -0.0996. The van der Waals surface area contributed by atoms with Gasteiger partial charge in [0, 0.05) is 17.2 Å². The van der Waals surface area contributed by atoms with Crippen LogP contribution in [-0.4, -0.2) is 6.04 Å². The third-order valence-electron chi connectivity index (χ3n) is 9.10. The highest BCUT2D eigenvalue weighted by molar-refractivity contribution is 5.25. The molecule has 0 aromatic heterocycles. The summed E-state index contributed by atoms with van der Waals surface area (Å²) in [5.41, 5.74) is 2.83. The van der Waals surface area contributed by atoms with Gasteiger partial charge < -0.3 is 5.32 Å². The van der Waals surface area contributed by atoms with E-state index >= 15 is 0 Å². The zero-order valence-corrected chi connectivity index (χ0v) is 15.2. The molecule has 128 valence electrons. The summed E-state index contributed by atoms with van der Waals surface area (Å²) in [7, 11) is 0. The fraction of sp³-hybridized carbons (Fsp3) is 0.909. The summed E-state index contributed by atoms with van der Waals surface area (Å²) in [6.45, 7) is 5.31. The van der Waals surface area contributed by atoms with Gasteiger partial charge in [0.05, 0.1) is 0 Å². The summed E-state index contributed by atoms with van der Waals surface area (Å²) in [6.07, 6.45) is 18.9. The van der Waals surface area contributed by atoms with Crippen molar-refractivity contribution in [2.24, 2.45) is 34.5 Å². The molecule has 0 radical (unpaired) electrons. The van der Waals surface area contributed by atoms with E-state index in [0.29, 0.717) is 10.8 Å². The van der Waals surface area contributed by atoms with Crippen molar-refractivity contribution >= 4 is 0 Å². The van der Waals surface area contributed by atoms with E-state index in [2.05, 4.69) is 25.2 Å². The molecule has 23 heavy (non-hydrogen) atoms. The Labute approximate surface area is 142 Å². The highest BCUT2D eigenvalue weighted by Gasteiger charge is 2.58. The highest BCUT2D eigenvalue weighted by Crippen LogP contribution is 2.66. The van der Waals surface area contributed by atoms with Crippen LogP contribution in [0.2, 0.25) is 0 Å². The lowest BCUT2D eigenvalue weighted by atomic mass is 9.45. The maximum Gasteiger partial charge on any atom is 0.0259 e. The average Bonchev–Trinajstić information content (AvgIpc) is 3.29. The van der Waals surface area contributed by atoms with Crippen LogP contribution in [0.25, 0.3) is 0 Å². The minimum atomic E-state index is 0.488. The first-order chi connectivity index (χ1) is 11.1. The summed E-state index contributed by atoms with van der Waals surface area (Å²) in [5, 5.41) is 3.91. The Kier molecular flexibility index (Phi) is 3.24. The number of fused-ring (bicyclic) bond motifs is 5. The molecular formula is C22H35N. The van der Waals surface area contributed by atoms with Crippen LogP contribution >= 0.6 is 0 Å². The van der Waals surface area contributed by atoms with Gasteiger partial charge in [-0.3, -0.25) is 0 Å². The van der Waals surface area contributed by atoms with Crippen LogP contribution in [0.5, 0.6) is 0 Å². The van der Waals surface area contributed by atoms with Crippen LogP contribution in [-0.2, 0) is 0 Å². The molecule has 0 saturated heterocycles. The van der Waals surface area contributed by atoms with Crippen molar-refractivity contribution in [2.75, 3.05) is 0 Å². The second-order valence-electron chi connectivity index (χ2n) is 10.1. The van der Waals surface area contributed by atoms with Crippen molar-refractivity contribution in [1.82, 2.24) is 5.32 Å². The number of hydrogen-bond acceptors (Lipinski definition) is 1. The average molecular weight is 314 g/mol. The molecule has 0 spiro atoms. The van der Waals surface area contributed by atoms with Gasteiger partial charge in [-0.05, 0) is 86.9 Å². The molecule has 1 heteroatoms. The van der Waals surface area contributed by atoms with Gasteiger partial charge in [-0.25, -0.2) is 0 Å². The van der Waals surface area contributed by atoms with Crippen LogP contribution in [0.15, 0.2) is 11.8 Å². The number of rotatable bonds is 2. The minimum absolute atomic E-state index is 0.488. The summed E-state index contributed by atoms with van der Waals surface area (Å²) in [5.74, 6) is 4.05. The molecule has 0 heterocycles. The molecule has 0 aromatic carbocycles. The molecule has 5 rings (SSSR count). The predicted molar refractivity (Wildman–Crippen MR) is 96.0 cm³/mol. The van der Waals surface area contributed by atoms with Crippen LogP contribution in [0, 0.1) is 34.5 Å². The summed E-state index contributed by atoms with van der Waals surface area (Å²) in [6, 6.07) is 0.821. The van der Waals surface area contributed by atoms with E-state index in [0.717, 1.165) is 29.7 Å². The third kappa shape index (κ3) is 2.10. The largest absolute Gasteiger partial charge is 0.385 e. The van der Waals surface area contributed by atoms with Crippen molar-refractivity contribution in [2.45, 2.75) is 90.5 Å². The molecule has 5 aliphatic rings. The first-order valence-corrected chi connectivity index (χ1v) is 10.6. The summed E-state index contributed by atoms with van der Waals surface area (Å²) >= 11 is 0. The van der Waals surface area contributed by atoms with Crippen molar-refractivity contribution in [3.8, 4) is 0 Å². The van der Waals surface area contributed by atoms with Gasteiger partial charge in [0.15, 0.2) is 0 Å². The summed E-state index contributed by atoms with van der Waals surface area (Å²) < 4.78 is 0. The van der Waals surface area contributed by atoms with Gasteiger partial charge in [-0.2, -0.15) is 0 Å². The molecule has 4 fully saturated rings. The zero-order chi connectivity index (χ0) is 15.7. The van der Waals surface area contributed by atoms with Gasteiger partial charge in [0.2, 0.25) is 0 Å². The molecular weight excluding hydrogens is 278 g/mol. The maximum atomic E-state index is 3.91. The molecule has 4 saturated carbocycles. The second kappa shape index (κ2) is 5.02. The molecule has 5 aliphatic carbocycles. The van der Waals surface area contributed by atoms with E-state index in [1.807, 2.05) is 0 Å². The molecule has 0 aliphatic heterocycles. The van der Waals surface area contributed by atoms with Crippen LogP contribution in [0.3, 0.4) is 0 Å². The van der Waals surface area contributed by atoms with E-state index in [1.54, 1.807) is 5.70 Å². The van der Waals surface area contributed by atoms with Crippen molar-refractivity contribution < 1.29 is 0 Å². The summed E-state index contributed by atoms with van der Waals surface area (Å²) in [4.78, 5) is 0. The Bertz CT molecular complexity index is 518. The van der Waals surface area contributed by atoms with Crippen molar-refractivity contribution in [3.63, 3.8) is 0 Å². The Morgan fingerprint density at radius 1 is 0.913 bits per heavy atom. The van der Waals surface area contributed by atoms with E-state index in [9.17, 15) is 0 Å². The van der Waals surface area contributed by atoms with Gasteiger partial charge in [-0.1, -0.05) is 32.8 Å². The standard InChI is InChI=1S/C22H35N/c1-21-13-4-3-5-15(21)6-9-17-18-10-11-20(23-16-7-8-16)22(18,2)14-12-19(17)21/h11,15-19,23H,3-10,12-14H2,1-2H3/t15?,17-,18-,19-,21-,22-/m0/s1. The number of hydrogen-bond donors (Lipinski definition) is 1. The Morgan fingerprint density at radius 3 is 2.61 bits per heavy atom. The lowest BCUT2D eigenvalue weighted by Gasteiger charge is -2.60. The maximum absolute atomic E-state index is 3.91. The molecule has 0 amide bonds. The van der Waals surface area contributed by atoms with Gasteiger partial charge in [0.1, 0.15) is 0 Å². The lowest BCUT2D eigenvalue weighted by Crippen LogP contribution is -2.53. The van der Waals surface area contributed by atoms with E-state index in [-0.39, 0.29) is 0 Å². The van der Waals surface area contributed by atoms with Gasteiger partial charge in [0.25, 0.3) is 0 Å². The normalized spacial score (nSPS) is 52.2. The fourth-order valence-corrected chi connectivity index (χ4v) is 7.53. The van der Waals surface area contributed by atoms with Crippen LogP contribution in [0.4, 0.5) is 0 Å². The molecule has 1 nitrogen and oxygen atoms in total. The topological polar surface area (TPSA) is 12.0 Å². The molecule has 0 aromatic rings. The fourth-order valence-electron chi connectivity index (χ4n) is 7.53. The second-order valence-corrected chi connectivity index (χ2v) is 10.1. The van der Waals surface area contributed by atoms with E-state index in [4.69, 9.17) is 0 Å². The molecule has 6 atom stereocenters. The molecule has 1 unspecified atom stereocenters. The number of nitrogens with one attached hydrogen (secondary N) is 1. The van der Waals surface area contributed by atoms with E-state index in [1.165, 1.54) is 70.6 Å². The SMILES string of the molecule is C[C@]12CCCCC1CC[C@@H]1[C@@H]2CC[C@]2(C)C(NC3CC3)=CC[C@@H]12. The minimum Gasteiger partial charge on any atom is -0.385 e. The van der Waals surface area contributed by atoms with E-state index < -0.39 is 0 Å². The quantitative estimate of drug-likeness (QED) is 0.693. The first-order valence-electron chi connectivity index (χ1n) is 10.6.